The molecule has 6 heteroatoms. The minimum absolute atomic E-state index is 0.224. The SMILES string of the molecule is CCN(CC)C(=O)C[N+](C)(C)CCCn1c(-c2ccc(N(C)C)cc2)nc2c3ccccc3c3ccccc3c21. The third-order valence-electron chi connectivity index (χ3n) is 8.09. The average Bonchev–Trinajstić information content (AvgIpc) is 3.33. The molecule has 5 aromatic rings. The lowest BCUT2D eigenvalue weighted by atomic mass is 10.00. The van der Waals surface area contributed by atoms with Crippen molar-refractivity contribution in [3.63, 3.8) is 0 Å². The predicted octanol–water partition coefficient (Wildman–Crippen LogP) is 6.41. The number of rotatable bonds is 10. The smallest absolute Gasteiger partial charge is 0.277 e. The van der Waals surface area contributed by atoms with E-state index in [4.69, 9.17) is 4.98 Å². The number of aryl methyl sites for hydroxylation is 1. The number of quaternary nitrogens is 1. The molecule has 40 heavy (non-hydrogen) atoms. The van der Waals surface area contributed by atoms with Crippen LogP contribution in [0.3, 0.4) is 0 Å². The third kappa shape index (κ3) is 5.28. The van der Waals surface area contributed by atoms with Crippen LogP contribution >= 0.6 is 0 Å². The Balaban J connectivity index is 1.59. The molecule has 0 fully saturated rings. The molecule has 1 aromatic heterocycles. The number of hydrogen-bond donors (Lipinski definition) is 0. The highest BCUT2D eigenvalue weighted by atomic mass is 16.2. The number of carbonyl (C=O) groups is 1. The Bertz CT molecular complexity index is 1640. The molecule has 0 saturated heterocycles. The van der Waals surface area contributed by atoms with Gasteiger partial charge in [-0.2, -0.15) is 0 Å². The maximum atomic E-state index is 12.9. The largest absolute Gasteiger partial charge is 0.378 e. The number of aromatic nitrogens is 2. The molecule has 0 aliphatic heterocycles. The van der Waals surface area contributed by atoms with Crippen LogP contribution in [-0.2, 0) is 11.3 Å². The van der Waals surface area contributed by atoms with E-state index in [2.05, 4.69) is 110 Å². The molecule has 0 N–H and O–H groups in total. The van der Waals surface area contributed by atoms with E-state index in [-0.39, 0.29) is 5.91 Å². The summed E-state index contributed by atoms with van der Waals surface area (Å²) < 4.78 is 3.08. The molecule has 5 rings (SSSR count). The van der Waals surface area contributed by atoms with Crippen LogP contribution in [0.2, 0.25) is 0 Å². The number of nitrogens with zero attached hydrogens (tertiary/aromatic N) is 5. The van der Waals surface area contributed by atoms with Gasteiger partial charge < -0.3 is 18.8 Å². The Morgan fingerprint density at radius 2 is 1.40 bits per heavy atom. The molecule has 0 bridgehead atoms. The van der Waals surface area contributed by atoms with Crippen LogP contribution in [0.4, 0.5) is 5.69 Å². The maximum absolute atomic E-state index is 12.9. The van der Waals surface area contributed by atoms with Gasteiger partial charge in [-0.15, -0.1) is 0 Å². The van der Waals surface area contributed by atoms with Gasteiger partial charge in [0.15, 0.2) is 6.54 Å². The third-order valence-corrected chi connectivity index (χ3v) is 8.09. The van der Waals surface area contributed by atoms with Crippen molar-refractivity contribution in [1.82, 2.24) is 14.5 Å². The van der Waals surface area contributed by atoms with Crippen LogP contribution in [-0.4, -0.2) is 79.2 Å². The quantitative estimate of drug-likeness (QED) is 0.153. The Kier molecular flexibility index (Phi) is 7.81. The fourth-order valence-corrected chi connectivity index (χ4v) is 5.89. The van der Waals surface area contributed by atoms with Crippen molar-refractivity contribution in [2.24, 2.45) is 0 Å². The van der Waals surface area contributed by atoms with Gasteiger partial charge >= 0.3 is 0 Å². The summed E-state index contributed by atoms with van der Waals surface area (Å²) in [7, 11) is 8.45. The van der Waals surface area contributed by atoms with Gasteiger partial charge in [-0.1, -0.05) is 48.5 Å². The van der Waals surface area contributed by atoms with Gasteiger partial charge in [-0.25, -0.2) is 4.98 Å². The van der Waals surface area contributed by atoms with Crippen molar-refractivity contribution in [2.75, 3.05) is 59.3 Å². The highest BCUT2D eigenvalue weighted by molar-refractivity contribution is 6.23. The van der Waals surface area contributed by atoms with Crippen LogP contribution in [0.5, 0.6) is 0 Å². The molecule has 0 radical (unpaired) electrons. The zero-order chi connectivity index (χ0) is 28.4. The van der Waals surface area contributed by atoms with Gasteiger partial charge in [0.05, 0.1) is 31.7 Å². The first-order chi connectivity index (χ1) is 19.2. The fourth-order valence-electron chi connectivity index (χ4n) is 5.89. The number of anilines is 1. The van der Waals surface area contributed by atoms with E-state index in [1.54, 1.807) is 0 Å². The van der Waals surface area contributed by atoms with E-state index >= 15 is 0 Å². The van der Waals surface area contributed by atoms with E-state index in [0.29, 0.717) is 11.0 Å². The second kappa shape index (κ2) is 11.3. The zero-order valence-corrected chi connectivity index (χ0v) is 24.8. The number of likely N-dealkylation sites (N-methyl/N-ethyl adjacent to an activating group) is 2. The predicted molar refractivity (Wildman–Crippen MR) is 169 cm³/mol. The minimum atomic E-state index is 0.224. The lowest BCUT2D eigenvalue weighted by molar-refractivity contribution is -0.883. The molecule has 0 aliphatic rings. The number of hydrogen-bond acceptors (Lipinski definition) is 3. The number of fused-ring (bicyclic) bond motifs is 6. The van der Waals surface area contributed by atoms with Crippen LogP contribution in [0, 0.1) is 0 Å². The Labute approximate surface area is 238 Å². The first kappa shape index (κ1) is 27.7. The van der Waals surface area contributed by atoms with Crippen LogP contribution < -0.4 is 4.90 Å². The topological polar surface area (TPSA) is 41.4 Å². The molecule has 4 aromatic carbocycles. The minimum Gasteiger partial charge on any atom is -0.378 e. The lowest BCUT2D eigenvalue weighted by Gasteiger charge is -2.31. The van der Waals surface area contributed by atoms with Crippen molar-refractivity contribution >= 4 is 44.2 Å². The van der Waals surface area contributed by atoms with Crippen molar-refractivity contribution in [3.8, 4) is 11.4 Å². The number of carbonyl (C=O) groups excluding carboxylic acids is 1. The van der Waals surface area contributed by atoms with Crippen molar-refractivity contribution in [1.29, 1.82) is 0 Å². The monoisotopic (exact) mass is 536 g/mol. The molecule has 0 aliphatic carbocycles. The van der Waals surface area contributed by atoms with Gasteiger partial charge in [0.2, 0.25) is 0 Å². The number of benzene rings is 4. The van der Waals surface area contributed by atoms with Gasteiger partial charge in [-0.3, -0.25) is 4.79 Å². The standard InChI is InChI=1S/C34H42N5O/c1-7-37(8-2)31(40)24-39(5,6)23-13-22-38-33-30-17-12-10-15-28(30)27-14-9-11-16-29(27)32(33)35-34(38)25-18-20-26(21-19-25)36(3)4/h9-12,14-21H,7-8,13,22-24H2,1-6H3/q+1. The molecule has 0 atom stereocenters. The Morgan fingerprint density at radius 1 is 0.825 bits per heavy atom. The molecule has 0 spiro atoms. The number of amides is 1. The van der Waals surface area contributed by atoms with Crippen LogP contribution in [0.15, 0.2) is 72.8 Å². The normalized spacial score (nSPS) is 11.9. The summed E-state index contributed by atoms with van der Waals surface area (Å²) in [5, 5.41) is 4.90. The van der Waals surface area contributed by atoms with E-state index in [9.17, 15) is 4.79 Å². The molecular weight excluding hydrogens is 494 g/mol. The van der Waals surface area contributed by atoms with Gasteiger partial charge in [0, 0.05) is 62.2 Å². The van der Waals surface area contributed by atoms with E-state index in [1.165, 1.54) is 32.7 Å². The van der Waals surface area contributed by atoms with Gasteiger partial charge in [0.1, 0.15) is 5.82 Å². The molecule has 1 heterocycles. The zero-order valence-electron chi connectivity index (χ0n) is 24.8. The summed E-state index contributed by atoms with van der Waals surface area (Å²) in [6, 6.07) is 26.0. The summed E-state index contributed by atoms with van der Waals surface area (Å²) in [6.07, 6.45) is 0.938. The van der Waals surface area contributed by atoms with E-state index in [1.807, 2.05) is 18.7 Å². The molecule has 0 unspecified atom stereocenters. The van der Waals surface area contributed by atoms with Crippen LogP contribution in [0.1, 0.15) is 20.3 Å². The maximum Gasteiger partial charge on any atom is 0.277 e. The second-order valence-electron chi connectivity index (χ2n) is 11.6. The van der Waals surface area contributed by atoms with Crippen molar-refractivity contribution < 1.29 is 9.28 Å². The Hall–Kier alpha value is -3.90. The second-order valence-corrected chi connectivity index (χ2v) is 11.6. The van der Waals surface area contributed by atoms with Gasteiger partial charge in [-0.05, 0) is 48.9 Å². The molecule has 0 saturated carbocycles. The highest BCUT2D eigenvalue weighted by Gasteiger charge is 2.24. The van der Waals surface area contributed by atoms with E-state index in [0.717, 1.165) is 49.5 Å². The Morgan fingerprint density at radius 3 is 2.00 bits per heavy atom. The molecular formula is C34H42N5O+. The van der Waals surface area contributed by atoms with Gasteiger partial charge in [0.25, 0.3) is 5.91 Å². The summed E-state index contributed by atoms with van der Waals surface area (Å²) in [5.74, 6) is 1.22. The lowest BCUT2D eigenvalue weighted by Crippen LogP contribution is -2.49. The summed E-state index contributed by atoms with van der Waals surface area (Å²) in [4.78, 5) is 22.2. The van der Waals surface area contributed by atoms with Crippen molar-refractivity contribution in [3.05, 3.63) is 72.8 Å². The van der Waals surface area contributed by atoms with Crippen molar-refractivity contribution in [2.45, 2.75) is 26.8 Å². The first-order valence-electron chi connectivity index (χ1n) is 14.4. The fraction of sp³-hybridized carbons (Fsp3) is 0.353. The van der Waals surface area contributed by atoms with Crippen LogP contribution in [0.25, 0.3) is 44.0 Å². The molecule has 6 nitrogen and oxygen atoms in total. The summed E-state index contributed by atoms with van der Waals surface area (Å²) in [5.41, 5.74) is 4.51. The average molecular weight is 537 g/mol. The molecule has 1 amide bonds. The highest BCUT2D eigenvalue weighted by Crippen LogP contribution is 2.37. The summed E-state index contributed by atoms with van der Waals surface area (Å²) >= 11 is 0. The first-order valence-corrected chi connectivity index (χ1v) is 14.4. The van der Waals surface area contributed by atoms with E-state index < -0.39 is 0 Å². The molecule has 208 valence electrons. The summed E-state index contributed by atoms with van der Waals surface area (Å²) in [6.45, 7) is 7.85. The number of imidazole rings is 1.